The first-order chi connectivity index (χ1) is 25.6. The van der Waals surface area contributed by atoms with Crippen LogP contribution in [0.3, 0.4) is 0 Å². The molecule has 0 radical (unpaired) electrons. The van der Waals surface area contributed by atoms with Gasteiger partial charge in [0, 0.05) is 16.7 Å². The Hall–Kier alpha value is -4.87. The molecule has 4 aromatic carbocycles. The molecule has 2 aromatic heterocycles. The molecular formula is C41H42F3N4O5P. The highest BCUT2D eigenvalue weighted by molar-refractivity contribution is 7.48. The fraction of sp³-hybridized carbons (Fsp3) is 0.293. The number of aryl methyl sites for hydroxylation is 1. The lowest BCUT2D eigenvalue weighted by molar-refractivity contribution is -0.180. The quantitative estimate of drug-likeness (QED) is 0.0954. The zero-order valence-electron chi connectivity index (χ0n) is 30.7. The number of phosphoric acid groups is 1. The van der Waals surface area contributed by atoms with Gasteiger partial charge in [-0.05, 0) is 54.7 Å². The molecule has 0 atom stereocenters. The number of aromatic nitrogens is 4. The molecular weight excluding hydrogens is 716 g/mol. The van der Waals surface area contributed by atoms with Gasteiger partial charge in [-0.2, -0.15) is 23.3 Å². The molecule has 13 heteroatoms. The van der Waals surface area contributed by atoms with Crippen molar-refractivity contribution in [2.75, 3.05) is 6.61 Å². The van der Waals surface area contributed by atoms with Crippen molar-refractivity contribution >= 4 is 7.82 Å². The fourth-order valence-electron chi connectivity index (χ4n) is 5.57. The summed E-state index contributed by atoms with van der Waals surface area (Å²) in [5, 5.41) is 8.75. The van der Waals surface area contributed by atoms with Gasteiger partial charge in [0.1, 0.15) is 0 Å². The highest BCUT2D eigenvalue weighted by Gasteiger charge is 2.48. The van der Waals surface area contributed by atoms with Crippen LogP contribution in [0, 0.1) is 6.92 Å². The van der Waals surface area contributed by atoms with Crippen molar-refractivity contribution in [2.24, 2.45) is 0 Å². The van der Waals surface area contributed by atoms with E-state index >= 15 is 0 Å². The average molecular weight is 759 g/mol. The van der Waals surface area contributed by atoms with E-state index in [-0.39, 0.29) is 37.1 Å². The van der Waals surface area contributed by atoms with Gasteiger partial charge in [-0.25, -0.2) is 4.57 Å². The van der Waals surface area contributed by atoms with E-state index < -0.39 is 24.8 Å². The molecule has 0 N–H and O–H groups in total. The normalized spacial score (nSPS) is 12.7. The lowest BCUT2D eigenvalue weighted by Crippen LogP contribution is -2.36. The van der Waals surface area contributed by atoms with Gasteiger partial charge in [-0.3, -0.25) is 18.3 Å². The number of rotatable bonds is 15. The van der Waals surface area contributed by atoms with Crippen LogP contribution in [0.5, 0.6) is 0 Å². The topological polar surface area (TPSA) is 102 Å². The molecule has 0 bridgehead atoms. The molecule has 0 saturated carbocycles. The molecule has 0 saturated heterocycles. The monoisotopic (exact) mass is 758 g/mol. The summed E-state index contributed by atoms with van der Waals surface area (Å²) in [5.41, 5.74) is 3.00. The van der Waals surface area contributed by atoms with Gasteiger partial charge < -0.3 is 4.52 Å². The van der Waals surface area contributed by atoms with E-state index in [1.807, 2.05) is 110 Å². The maximum absolute atomic E-state index is 13.9. The summed E-state index contributed by atoms with van der Waals surface area (Å²) in [5.74, 6) is 0.429. The van der Waals surface area contributed by atoms with E-state index in [0.717, 1.165) is 41.8 Å². The Morgan fingerprint density at radius 1 is 0.722 bits per heavy atom. The lowest BCUT2D eigenvalue weighted by Gasteiger charge is -2.28. The van der Waals surface area contributed by atoms with Crippen molar-refractivity contribution in [2.45, 2.75) is 71.4 Å². The maximum Gasteiger partial charge on any atom is 0.475 e. The molecule has 0 aliphatic rings. The summed E-state index contributed by atoms with van der Waals surface area (Å²) in [6.45, 7) is 8.83. The van der Waals surface area contributed by atoms with Crippen molar-refractivity contribution in [3.8, 4) is 23.0 Å². The Bertz CT molecular complexity index is 2150. The largest absolute Gasteiger partial charge is 0.475 e. The molecule has 0 amide bonds. The predicted molar refractivity (Wildman–Crippen MR) is 199 cm³/mol. The Morgan fingerprint density at radius 2 is 1.31 bits per heavy atom. The molecule has 282 valence electrons. The molecule has 2 heterocycles. The Balaban J connectivity index is 1.13. The highest BCUT2D eigenvalue weighted by Crippen LogP contribution is 2.52. The van der Waals surface area contributed by atoms with E-state index in [1.54, 1.807) is 12.1 Å². The number of alkyl halides is 3. The Morgan fingerprint density at radius 3 is 1.91 bits per heavy atom. The van der Waals surface area contributed by atoms with Crippen LogP contribution < -0.4 is 0 Å². The smallest absolute Gasteiger partial charge is 0.332 e. The summed E-state index contributed by atoms with van der Waals surface area (Å²) >= 11 is 0. The van der Waals surface area contributed by atoms with E-state index in [1.165, 1.54) is 12.1 Å². The van der Waals surface area contributed by atoms with Crippen LogP contribution >= 0.6 is 7.82 Å². The molecule has 6 rings (SSSR count). The van der Waals surface area contributed by atoms with Gasteiger partial charge in [0.25, 0.3) is 5.89 Å². The number of hydrogen-bond acceptors (Lipinski definition) is 8. The van der Waals surface area contributed by atoms with Crippen LogP contribution in [0.1, 0.15) is 61.2 Å². The Labute approximate surface area is 312 Å². The first-order valence-electron chi connectivity index (χ1n) is 17.4. The SMILES string of the molecule is Cc1cc(-c2nc(-c3ccc(C(C)(C)C(F)(F)F)cc3)no2)nn1Cc1cccc(C(C)(C)COP(=O)(OCc2ccccc2)OCc2ccccc2)c1. The molecule has 0 unspecified atom stereocenters. The van der Waals surface area contributed by atoms with Gasteiger partial charge >= 0.3 is 14.0 Å². The van der Waals surface area contributed by atoms with E-state index in [2.05, 4.69) is 16.2 Å². The van der Waals surface area contributed by atoms with Crippen molar-refractivity contribution < 1.29 is 35.8 Å². The summed E-state index contributed by atoms with van der Waals surface area (Å²) in [4.78, 5) is 4.47. The predicted octanol–water partition coefficient (Wildman–Crippen LogP) is 10.6. The summed E-state index contributed by atoms with van der Waals surface area (Å²) in [6, 6.07) is 34.6. The van der Waals surface area contributed by atoms with Crippen LogP contribution in [0.15, 0.2) is 120 Å². The minimum absolute atomic E-state index is 0.0601. The first kappa shape index (κ1) is 38.8. The van der Waals surface area contributed by atoms with Crippen LogP contribution in [-0.2, 0) is 48.7 Å². The minimum atomic E-state index is -4.39. The van der Waals surface area contributed by atoms with E-state index in [0.29, 0.717) is 17.8 Å². The van der Waals surface area contributed by atoms with Gasteiger partial charge in [-0.15, -0.1) is 0 Å². The second-order valence-corrected chi connectivity index (χ2v) is 15.9. The standard InChI is InChI=1S/C41H42F3N4O5P/c1-29-23-36(38-45-37(47-53-38)33-19-21-34(22-20-33)40(4,5)41(42,43)44)46-48(29)25-32-17-12-18-35(24-32)39(2,3)28-52-54(49,50-26-30-13-8-6-9-14-30)51-27-31-15-10-7-11-16-31/h6-24H,25-28H2,1-5H3. The molecule has 6 aromatic rings. The minimum Gasteiger partial charge on any atom is -0.332 e. The van der Waals surface area contributed by atoms with E-state index in [9.17, 15) is 17.7 Å². The van der Waals surface area contributed by atoms with Crippen molar-refractivity contribution in [3.05, 3.63) is 149 Å². The third-order valence-corrected chi connectivity index (χ3v) is 10.6. The number of halogens is 3. The average Bonchev–Trinajstić information content (AvgIpc) is 3.80. The number of nitrogens with zero attached hydrogens (tertiary/aromatic N) is 4. The van der Waals surface area contributed by atoms with Crippen LogP contribution in [0.25, 0.3) is 23.0 Å². The zero-order valence-corrected chi connectivity index (χ0v) is 31.6. The van der Waals surface area contributed by atoms with Crippen molar-refractivity contribution in [3.63, 3.8) is 0 Å². The third kappa shape index (κ3) is 9.25. The van der Waals surface area contributed by atoms with Gasteiger partial charge in [0.15, 0.2) is 5.69 Å². The lowest BCUT2D eigenvalue weighted by atomic mass is 9.83. The third-order valence-electron chi connectivity index (χ3n) is 9.29. The molecule has 0 fully saturated rings. The van der Waals surface area contributed by atoms with E-state index in [4.69, 9.17) is 23.2 Å². The molecule has 0 spiro atoms. The molecule has 9 nitrogen and oxygen atoms in total. The van der Waals surface area contributed by atoms with Crippen molar-refractivity contribution in [1.82, 2.24) is 19.9 Å². The molecule has 0 aliphatic carbocycles. The maximum atomic E-state index is 13.9. The summed E-state index contributed by atoms with van der Waals surface area (Å²) in [7, 11) is -3.98. The van der Waals surface area contributed by atoms with Gasteiger partial charge in [0.2, 0.25) is 5.82 Å². The van der Waals surface area contributed by atoms with Crippen LogP contribution in [0.2, 0.25) is 0 Å². The second-order valence-electron chi connectivity index (χ2n) is 14.3. The van der Waals surface area contributed by atoms with Crippen LogP contribution in [0.4, 0.5) is 13.2 Å². The van der Waals surface area contributed by atoms with Crippen molar-refractivity contribution in [1.29, 1.82) is 0 Å². The van der Waals surface area contributed by atoms with Gasteiger partial charge in [-0.1, -0.05) is 128 Å². The zero-order chi connectivity index (χ0) is 38.6. The second kappa shape index (κ2) is 15.8. The number of phosphoric ester groups is 1. The fourth-order valence-corrected chi connectivity index (χ4v) is 6.89. The van der Waals surface area contributed by atoms with Crippen LogP contribution in [-0.4, -0.2) is 32.7 Å². The summed E-state index contributed by atoms with van der Waals surface area (Å²) in [6.07, 6.45) is -4.39. The molecule has 54 heavy (non-hydrogen) atoms. The summed E-state index contributed by atoms with van der Waals surface area (Å²) < 4.78 is 79.5. The van der Waals surface area contributed by atoms with Gasteiger partial charge in [0.05, 0.1) is 31.8 Å². The molecule has 0 aliphatic heterocycles. The highest BCUT2D eigenvalue weighted by atomic mass is 31.2. The number of hydrogen-bond donors (Lipinski definition) is 0. The first-order valence-corrected chi connectivity index (χ1v) is 18.9. The number of benzene rings is 4. The Kier molecular flexibility index (Phi) is 11.4.